The minimum absolute atomic E-state index is 0.244. The van der Waals surface area contributed by atoms with E-state index in [0.717, 1.165) is 37.8 Å². The molecule has 4 rings (SSSR count). The quantitative estimate of drug-likeness (QED) is 0.776. The average Bonchev–Trinajstić information content (AvgIpc) is 2.55. The minimum atomic E-state index is -0.947. The second-order valence-corrected chi connectivity index (χ2v) is 6.63. The molecule has 5 heteroatoms. The fourth-order valence-electron chi connectivity index (χ4n) is 3.99. The van der Waals surface area contributed by atoms with Gasteiger partial charge in [-0.3, -0.25) is 0 Å². The van der Waals surface area contributed by atoms with Gasteiger partial charge in [-0.15, -0.1) is 0 Å². The number of aliphatic hydroxyl groups excluding tert-OH is 1. The molecular weight excluding hydrogens is 294 g/mol. The number of aliphatic hydroxyl groups is 1. The lowest BCUT2D eigenvalue weighted by Crippen LogP contribution is -2.88. The summed E-state index contributed by atoms with van der Waals surface area (Å²) in [7, 11) is 0. The zero-order valence-electron chi connectivity index (χ0n) is 13.1. The highest BCUT2D eigenvalue weighted by Crippen LogP contribution is 2.40. The molecule has 2 heterocycles. The minimum Gasteiger partial charge on any atom is -0.480 e. The highest BCUT2D eigenvalue weighted by atomic mass is 16.8. The summed E-state index contributed by atoms with van der Waals surface area (Å²) in [4.78, 5) is 12.6. The van der Waals surface area contributed by atoms with E-state index in [1.807, 2.05) is 18.2 Å². The van der Waals surface area contributed by atoms with Gasteiger partial charge in [-0.05, 0) is 18.4 Å². The van der Waals surface area contributed by atoms with Gasteiger partial charge in [-0.1, -0.05) is 30.7 Å². The molecule has 1 aromatic rings. The molecule has 1 fully saturated rings. The summed E-state index contributed by atoms with van der Waals surface area (Å²) in [6.07, 6.45) is 5.29. The van der Waals surface area contributed by atoms with Crippen molar-refractivity contribution in [2.75, 3.05) is 6.54 Å². The van der Waals surface area contributed by atoms with Crippen molar-refractivity contribution < 1.29 is 24.7 Å². The SMILES string of the molecule is O=C1OC2(CCCCC2)OC(O)=C1[C@H]1[NH2+]CCc2ccccc21. The van der Waals surface area contributed by atoms with Crippen molar-refractivity contribution in [3.8, 4) is 0 Å². The van der Waals surface area contributed by atoms with Crippen molar-refractivity contribution in [2.24, 2.45) is 0 Å². The standard InChI is InChI=1S/C18H21NO4/c20-16-14(15-13-7-3-2-6-12(13)8-11-19-15)17(21)23-18(22-16)9-4-1-5-10-18/h2-3,6-7,15,19-20H,1,4-5,8-11H2/p+1/t15-/m0/s1. The Morgan fingerprint density at radius 3 is 2.70 bits per heavy atom. The summed E-state index contributed by atoms with van der Waals surface area (Å²) >= 11 is 0. The van der Waals surface area contributed by atoms with E-state index in [2.05, 4.69) is 11.4 Å². The normalized spacial score (nSPS) is 26.4. The predicted octanol–water partition coefficient (Wildman–Crippen LogP) is 1.85. The second-order valence-electron chi connectivity index (χ2n) is 6.63. The number of ether oxygens (including phenoxy) is 2. The van der Waals surface area contributed by atoms with Crippen LogP contribution in [0.4, 0.5) is 0 Å². The van der Waals surface area contributed by atoms with Gasteiger partial charge in [-0.25, -0.2) is 4.79 Å². The van der Waals surface area contributed by atoms with Gasteiger partial charge >= 0.3 is 5.97 Å². The molecule has 1 aromatic carbocycles. The summed E-state index contributed by atoms with van der Waals surface area (Å²) in [6.45, 7) is 0.872. The zero-order valence-corrected chi connectivity index (χ0v) is 13.1. The summed E-state index contributed by atoms with van der Waals surface area (Å²) in [5, 5.41) is 12.5. The number of esters is 1. The molecular formula is C18H22NO4+. The topological polar surface area (TPSA) is 72.4 Å². The first kappa shape index (κ1) is 14.6. The molecule has 0 radical (unpaired) electrons. The third-order valence-electron chi connectivity index (χ3n) is 5.14. The van der Waals surface area contributed by atoms with Gasteiger partial charge in [0, 0.05) is 24.8 Å². The van der Waals surface area contributed by atoms with Crippen molar-refractivity contribution in [1.29, 1.82) is 0 Å². The Balaban J connectivity index is 1.69. The van der Waals surface area contributed by atoms with Gasteiger partial charge in [0.25, 0.3) is 11.7 Å². The van der Waals surface area contributed by atoms with Crippen molar-refractivity contribution in [1.82, 2.24) is 0 Å². The molecule has 0 bridgehead atoms. The van der Waals surface area contributed by atoms with E-state index in [1.165, 1.54) is 5.56 Å². The van der Waals surface area contributed by atoms with Crippen LogP contribution in [0.1, 0.15) is 49.3 Å². The van der Waals surface area contributed by atoms with E-state index in [0.29, 0.717) is 12.8 Å². The molecule has 0 aromatic heterocycles. The first-order valence-electron chi connectivity index (χ1n) is 8.45. The molecule has 3 N–H and O–H groups in total. The monoisotopic (exact) mass is 316 g/mol. The Bertz CT molecular complexity index is 661. The van der Waals surface area contributed by atoms with Crippen LogP contribution >= 0.6 is 0 Å². The van der Waals surface area contributed by atoms with Crippen LogP contribution in [0.3, 0.4) is 0 Å². The molecule has 5 nitrogen and oxygen atoms in total. The number of hydrogen-bond donors (Lipinski definition) is 2. The van der Waals surface area contributed by atoms with Gasteiger partial charge in [0.05, 0.1) is 6.54 Å². The molecule has 0 unspecified atom stereocenters. The van der Waals surface area contributed by atoms with Crippen LogP contribution in [0.5, 0.6) is 0 Å². The highest BCUT2D eigenvalue weighted by Gasteiger charge is 2.48. The van der Waals surface area contributed by atoms with Crippen molar-refractivity contribution in [3.05, 3.63) is 46.9 Å². The van der Waals surface area contributed by atoms with Gasteiger partial charge in [-0.2, -0.15) is 0 Å². The van der Waals surface area contributed by atoms with Crippen molar-refractivity contribution in [3.63, 3.8) is 0 Å². The fourth-order valence-corrected chi connectivity index (χ4v) is 3.99. The Hall–Kier alpha value is -2.01. The van der Waals surface area contributed by atoms with Gasteiger partial charge in [0.15, 0.2) is 11.6 Å². The Kier molecular flexibility index (Phi) is 3.53. The fraction of sp³-hybridized carbons (Fsp3) is 0.500. The first-order chi connectivity index (χ1) is 11.2. The molecule has 1 spiro atoms. The lowest BCUT2D eigenvalue weighted by Gasteiger charge is -2.40. The summed E-state index contributed by atoms with van der Waals surface area (Å²) in [5.74, 6) is -1.63. The predicted molar refractivity (Wildman–Crippen MR) is 82.3 cm³/mol. The smallest absolute Gasteiger partial charge is 0.351 e. The highest BCUT2D eigenvalue weighted by molar-refractivity contribution is 5.91. The molecule has 1 saturated carbocycles. The maximum atomic E-state index is 12.6. The van der Waals surface area contributed by atoms with Gasteiger partial charge < -0.3 is 19.9 Å². The number of carbonyl (C=O) groups excluding carboxylic acids is 1. The Labute approximate surface area is 135 Å². The Morgan fingerprint density at radius 2 is 1.91 bits per heavy atom. The maximum Gasteiger partial charge on any atom is 0.351 e. The van der Waals surface area contributed by atoms with Gasteiger partial charge in [0.2, 0.25) is 0 Å². The van der Waals surface area contributed by atoms with Crippen LogP contribution in [0.25, 0.3) is 0 Å². The zero-order chi connectivity index (χ0) is 15.9. The molecule has 1 aliphatic carbocycles. The number of hydrogen-bond acceptors (Lipinski definition) is 4. The third kappa shape index (κ3) is 2.49. The second kappa shape index (κ2) is 5.57. The van der Waals surface area contributed by atoms with Crippen LogP contribution in [0, 0.1) is 0 Å². The van der Waals surface area contributed by atoms with Gasteiger partial charge in [0.1, 0.15) is 0 Å². The van der Waals surface area contributed by atoms with E-state index in [4.69, 9.17) is 9.47 Å². The third-order valence-corrected chi connectivity index (χ3v) is 5.14. The average molecular weight is 316 g/mol. The van der Waals surface area contributed by atoms with Crippen LogP contribution < -0.4 is 5.32 Å². The number of nitrogens with two attached hydrogens (primary N) is 1. The molecule has 122 valence electrons. The largest absolute Gasteiger partial charge is 0.480 e. The Morgan fingerprint density at radius 1 is 1.13 bits per heavy atom. The molecule has 0 amide bonds. The van der Waals surface area contributed by atoms with Crippen molar-refractivity contribution >= 4 is 5.97 Å². The number of carbonyl (C=O) groups is 1. The molecule has 1 atom stereocenters. The van der Waals surface area contributed by atoms with E-state index < -0.39 is 11.8 Å². The van der Waals surface area contributed by atoms with E-state index in [1.54, 1.807) is 0 Å². The summed E-state index contributed by atoms with van der Waals surface area (Å²) in [5.41, 5.74) is 2.51. The van der Waals surface area contributed by atoms with Crippen LogP contribution in [0.2, 0.25) is 0 Å². The molecule has 2 aliphatic heterocycles. The first-order valence-corrected chi connectivity index (χ1v) is 8.45. The van der Waals surface area contributed by atoms with Crippen LogP contribution in [-0.4, -0.2) is 23.4 Å². The molecule has 3 aliphatic rings. The lowest BCUT2D eigenvalue weighted by molar-refractivity contribution is -0.690. The summed E-state index contributed by atoms with van der Waals surface area (Å²) < 4.78 is 11.4. The maximum absolute atomic E-state index is 12.6. The number of rotatable bonds is 1. The van der Waals surface area contributed by atoms with E-state index >= 15 is 0 Å². The van der Waals surface area contributed by atoms with E-state index in [9.17, 15) is 9.90 Å². The lowest BCUT2D eigenvalue weighted by atomic mass is 9.88. The number of fused-ring (bicyclic) bond motifs is 1. The molecule has 0 saturated heterocycles. The number of quaternary nitrogens is 1. The van der Waals surface area contributed by atoms with Crippen LogP contribution in [-0.2, 0) is 20.7 Å². The van der Waals surface area contributed by atoms with E-state index in [-0.39, 0.29) is 17.6 Å². The number of benzene rings is 1. The molecule has 23 heavy (non-hydrogen) atoms. The van der Waals surface area contributed by atoms with Crippen LogP contribution in [0.15, 0.2) is 35.8 Å². The summed E-state index contributed by atoms with van der Waals surface area (Å²) in [6, 6.07) is 7.79. The van der Waals surface area contributed by atoms with Crippen molar-refractivity contribution in [2.45, 2.75) is 50.4 Å².